The third-order valence-corrected chi connectivity index (χ3v) is 5.51. The standard InChI is InChI=1S/C26H18N2O4/c29-26(28-17-9-11-23-24(14-17)31-13-12-30-23)16-8-10-21(27-15-16)20-6-3-5-19-18-4-1-2-7-22(18)32-25(19)20/h1-11,14-15H,12-13H2,(H,28,29). The van der Waals surface area contributed by atoms with E-state index in [9.17, 15) is 4.79 Å². The zero-order chi connectivity index (χ0) is 21.5. The van der Waals surface area contributed by atoms with Crippen LogP contribution in [0.5, 0.6) is 11.5 Å². The van der Waals surface area contributed by atoms with E-state index in [4.69, 9.17) is 13.9 Å². The molecule has 2 aromatic heterocycles. The lowest BCUT2D eigenvalue weighted by molar-refractivity contribution is 0.102. The molecule has 0 radical (unpaired) electrons. The Morgan fingerprint density at radius 2 is 1.69 bits per heavy atom. The van der Waals surface area contributed by atoms with Crippen molar-refractivity contribution in [2.45, 2.75) is 0 Å². The zero-order valence-electron chi connectivity index (χ0n) is 17.0. The highest BCUT2D eigenvalue weighted by atomic mass is 16.6. The van der Waals surface area contributed by atoms with Crippen molar-refractivity contribution in [3.05, 3.63) is 84.6 Å². The summed E-state index contributed by atoms with van der Waals surface area (Å²) in [5, 5.41) is 4.99. The Bertz CT molecular complexity index is 1470. The Balaban J connectivity index is 1.28. The van der Waals surface area contributed by atoms with Gasteiger partial charge in [-0.05, 0) is 36.4 Å². The van der Waals surface area contributed by atoms with Gasteiger partial charge >= 0.3 is 0 Å². The number of rotatable bonds is 3. The van der Waals surface area contributed by atoms with Crippen LogP contribution in [0, 0.1) is 0 Å². The number of hydrogen-bond donors (Lipinski definition) is 1. The number of nitrogens with zero attached hydrogens (tertiary/aromatic N) is 1. The van der Waals surface area contributed by atoms with Gasteiger partial charge in [0.25, 0.3) is 5.91 Å². The predicted octanol–water partition coefficient (Wildman–Crippen LogP) is 5.67. The third-order valence-electron chi connectivity index (χ3n) is 5.51. The van der Waals surface area contributed by atoms with Crippen molar-refractivity contribution >= 4 is 33.5 Å². The molecule has 0 bridgehead atoms. The first-order valence-electron chi connectivity index (χ1n) is 10.3. The normalized spacial score (nSPS) is 12.8. The summed E-state index contributed by atoms with van der Waals surface area (Å²) in [4.78, 5) is 17.3. The number of para-hydroxylation sites is 2. The predicted molar refractivity (Wildman–Crippen MR) is 122 cm³/mol. The number of amides is 1. The molecule has 0 saturated heterocycles. The van der Waals surface area contributed by atoms with E-state index < -0.39 is 0 Å². The Kier molecular flexibility index (Phi) is 4.28. The molecular formula is C26H18N2O4. The lowest BCUT2D eigenvalue weighted by Gasteiger charge is -2.19. The van der Waals surface area contributed by atoms with E-state index in [-0.39, 0.29) is 5.91 Å². The number of pyridine rings is 1. The minimum atomic E-state index is -0.248. The van der Waals surface area contributed by atoms with Crippen LogP contribution in [0.3, 0.4) is 0 Å². The molecule has 3 aromatic carbocycles. The van der Waals surface area contributed by atoms with Gasteiger partial charge in [-0.1, -0.05) is 30.3 Å². The van der Waals surface area contributed by atoms with E-state index in [2.05, 4.69) is 10.3 Å². The van der Waals surface area contributed by atoms with E-state index in [1.54, 1.807) is 30.5 Å². The van der Waals surface area contributed by atoms with E-state index in [1.807, 2.05) is 48.5 Å². The number of carbonyl (C=O) groups is 1. The van der Waals surface area contributed by atoms with Gasteiger partial charge in [-0.2, -0.15) is 0 Å². The number of ether oxygens (including phenoxy) is 2. The largest absolute Gasteiger partial charge is 0.486 e. The van der Waals surface area contributed by atoms with Crippen LogP contribution in [-0.4, -0.2) is 24.1 Å². The summed E-state index contributed by atoms with van der Waals surface area (Å²) in [5.41, 5.74) is 4.35. The summed E-state index contributed by atoms with van der Waals surface area (Å²) in [7, 11) is 0. The van der Waals surface area contributed by atoms with Crippen molar-refractivity contribution in [2.75, 3.05) is 18.5 Å². The average Bonchev–Trinajstić information content (AvgIpc) is 3.23. The molecule has 6 nitrogen and oxygen atoms in total. The number of nitrogens with one attached hydrogen (secondary N) is 1. The first-order valence-corrected chi connectivity index (χ1v) is 10.3. The molecule has 0 aliphatic carbocycles. The lowest BCUT2D eigenvalue weighted by Crippen LogP contribution is -2.16. The van der Waals surface area contributed by atoms with Gasteiger partial charge in [0.15, 0.2) is 11.5 Å². The summed E-state index contributed by atoms with van der Waals surface area (Å²) >= 11 is 0. The number of aromatic nitrogens is 1. The summed E-state index contributed by atoms with van der Waals surface area (Å²) < 4.78 is 17.2. The third kappa shape index (κ3) is 3.13. The molecule has 0 fully saturated rings. The Hall–Kier alpha value is -4.32. The highest BCUT2D eigenvalue weighted by molar-refractivity contribution is 6.09. The van der Waals surface area contributed by atoms with E-state index in [1.165, 1.54) is 0 Å². The highest BCUT2D eigenvalue weighted by Crippen LogP contribution is 2.35. The Morgan fingerprint density at radius 3 is 2.56 bits per heavy atom. The average molecular weight is 422 g/mol. The molecule has 5 aromatic rings. The van der Waals surface area contributed by atoms with Gasteiger partial charge < -0.3 is 19.2 Å². The molecule has 32 heavy (non-hydrogen) atoms. The molecule has 156 valence electrons. The number of carbonyl (C=O) groups excluding carboxylic acids is 1. The fourth-order valence-electron chi connectivity index (χ4n) is 3.96. The molecule has 0 spiro atoms. The maximum atomic E-state index is 12.7. The number of furan rings is 1. The van der Waals surface area contributed by atoms with Crippen molar-refractivity contribution in [3.63, 3.8) is 0 Å². The topological polar surface area (TPSA) is 73.6 Å². The fourth-order valence-corrected chi connectivity index (χ4v) is 3.96. The van der Waals surface area contributed by atoms with Crippen LogP contribution in [0.4, 0.5) is 5.69 Å². The minimum Gasteiger partial charge on any atom is -0.486 e. The van der Waals surface area contributed by atoms with Crippen LogP contribution in [0.1, 0.15) is 10.4 Å². The molecule has 0 atom stereocenters. The SMILES string of the molecule is O=C(Nc1ccc2c(c1)OCCO2)c1ccc(-c2cccc3c2oc2ccccc23)nc1. The number of hydrogen-bond acceptors (Lipinski definition) is 5. The van der Waals surface area contributed by atoms with E-state index >= 15 is 0 Å². The molecule has 1 aliphatic rings. The number of anilines is 1. The van der Waals surface area contributed by atoms with Gasteiger partial charge in [0.2, 0.25) is 0 Å². The summed E-state index contributed by atoms with van der Waals surface area (Å²) in [5.74, 6) is 1.06. The summed E-state index contributed by atoms with van der Waals surface area (Å²) in [6.07, 6.45) is 1.57. The molecule has 6 heteroatoms. The van der Waals surface area contributed by atoms with Gasteiger partial charge in [0, 0.05) is 34.3 Å². The smallest absolute Gasteiger partial charge is 0.257 e. The van der Waals surface area contributed by atoms with E-state index in [0.717, 1.165) is 33.2 Å². The first kappa shape index (κ1) is 18.4. The molecule has 0 saturated carbocycles. The van der Waals surface area contributed by atoms with Crippen LogP contribution < -0.4 is 14.8 Å². The maximum Gasteiger partial charge on any atom is 0.257 e. The van der Waals surface area contributed by atoms with Crippen molar-refractivity contribution in [1.82, 2.24) is 4.98 Å². The van der Waals surface area contributed by atoms with Gasteiger partial charge in [0.05, 0.1) is 11.3 Å². The molecule has 1 aliphatic heterocycles. The monoisotopic (exact) mass is 422 g/mol. The Morgan fingerprint density at radius 1 is 0.844 bits per heavy atom. The highest BCUT2D eigenvalue weighted by Gasteiger charge is 2.15. The van der Waals surface area contributed by atoms with Crippen molar-refractivity contribution < 1.29 is 18.7 Å². The van der Waals surface area contributed by atoms with Crippen LogP contribution in [0.25, 0.3) is 33.2 Å². The first-order chi connectivity index (χ1) is 15.8. The second kappa shape index (κ2) is 7.42. The zero-order valence-corrected chi connectivity index (χ0v) is 17.0. The van der Waals surface area contributed by atoms with Gasteiger partial charge in [0.1, 0.15) is 24.4 Å². The Labute approximate surface area is 183 Å². The summed E-state index contributed by atoms with van der Waals surface area (Å²) in [6, 6.07) is 22.9. The van der Waals surface area contributed by atoms with Crippen molar-refractivity contribution in [2.24, 2.45) is 0 Å². The van der Waals surface area contributed by atoms with Gasteiger partial charge in [-0.25, -0.2) is 0 Å². The molecule has 0 unspecified atom stereocenters. The number of fused-ring (bicyclic) bond motifs is 4. The van der Waals surface area contributed by atoms with Crippen molar-refractivity contribution in [3.8, 4) is 22.8 Å². The molecule has 1 amide bonds. The molecule has 1 N–H and O–H groups in total. The second-order valence-electron chi connectivity index (χ2n) is 7.53. The van der Waals surface area contributed by atoms with Crippen LogP contribution in [-0.2, 0) is 0 Å². The second-order valence-corrected chi connectivity index (χ2v) is 7.53. The molecule has 6 rings (SSSR count). The summed E-state index contributed by atoms with van der Waals surface area (Å²) in [6.45, 7) is 1.02. The minimum absolute atomic E-state index is 0.248. The lowest BCUT2D eigenvalue weighted by atomic mass is 10.1. The molecule has 3 heterocycles. The fraction of sp³-hybridized carbons (Fsp3) is 0.0769. The van der Waals surface area contributed by atoms with Crippen molar-refractivity contribution in [1.29, 1.82) is 0 Å². The van der Waals surface area contributed by atoms with Crippen LogP contribution in [0.15, 0.2) is 83.4 Å². The van der Waals surface area contributed by atoms with Crippen LogP contribution in [0.2, 0.25) is 0 Å². The quantitative estimate of drug-likeness (QED) is 0.405. The van der Waals surface area contributed by atoms with Gasteiger partial charge in [-0.3, -0.25) is 9.78 Å². The molecular weight excluding hydrogens is 404 g/mol. The number of benzene rings is 3. The van der Waals surface area contributed by atoms with E-state index in [0.29, 0.717) is 36.0 Å². The van der Waals surface area contributed by atoms with Crippen LogP contribution >= 0.6 is 0 Å². The van der Waals surface area contributed by atoms with Gasteiger partial charge in [-0.15, -0.1) is 0 Å². The maximum absolute atomic E-state index is 12.7.